The minimum atomic E-state index is 0.395. The van der Waals surface area contributed by atoms with Crippen LogP contribution in [0.15, 0.2) is 36.5 Å². The zero-order valence-corrected chi connectivity index (χ0v) is 10.6. The van der Waals surface area contributed by atoms with Crippen molar-refractivity contribution < 1.29 is 4.74 Å². The summed E-state index contributed by atoms with van der Waals surface area (Å²) in [7, 11) is 0. The Hall–Kier alpha value is -2.74. The molecule has 2 aromatic rings. The molecule has 0 aliphatic heterocycles. The van der Waals surface area contributed by atoms with E-state index < -0.39 is 0 Å². The quantitative estimate of drug-likeness (QED) is 0.876. The van der Waals surface area contributed by atoms with Crippen molar-refractivity contribution in [3.8, 4) is 11.8 Å². The Morgan fingerprint density at radius 2 is 2.21 bits per heavy atom. The molecule has 0 aliphatic carbocycles. The number of hydrogen-bond acceptors (Lipinski definition) is 5. The number of nitrogens with one attached hydrogen (secondary N) is 1. The first-order valence-corrected chi connectivity index (χ1v) is 5.89. The molecule has 1 aromatic heterocycles. The molecule has 0 aliphatic rings. The van der Waals surface area contributed by atoms with E-state index in [0.29, 0.717) is 29.4 Å². The van der Waals surface area contributed by atoms with Gasteiger partial charge < -0.3 is 15.8 Å². The second-order valence-corrected chi connectivity index (χ2v) is 3.83. The summed E-state index contributed by atoms with van der Waals surface area (Å²) in [5.74, 6) is 1.18. The lowest BCUT2D eigenvalue weighted by Gasteiger charge is -2.12. The number of benzene rings is 1. The van der Waals surface area contributed by atoms with Crippen molar-refractivity contribution in [1.82, 2.24) is 4.98 Å². The van der Waals surface area contributed by atoms with Gasteiger partial charge in [-0.2, -0.15) is 5.26 Å². The van der Waals surface area contributed by atoms with Crippen molar-refractivity contribution in [2.24, 2.45) is 0 Å². The number of para-hydroxylation sites is 2. The third-order valence-corrected chi connectivity index (χ3v) is 2.47. The summed E-state index contributed by atoms with van der Waals surface area (Å²) < 4.78 is 5.51. The van der Waals surface area contributed by atoms with Gasteiger partial charge in [-0.1, -0.05) is 12.1 Å². The average molecular weight is 254 g/mol. The molecule has 0 atom stereocenters. The molecule has 0 fully saturated rings. The number of pyridine rings is 1. The smallest absolute Gasteiger partial charge is 0.148 e. The van der Waals surface area contributed by atoms with Gasteiger partial charge in [0.25, 0.3) is 0 Å². The van der Waals surface area contributed by atoms with Gasteiger partial charge in [0.15, 0.2) is 0 Å². The molecule has 2 rings (SSSR count). The van der Waals surface area contributed by atoms with Gasteiger partial charge in [-0.3, -0.25) is 0 Å². The summed E-state index contributed by atoms with van der Waals surface area (Å²) in [6.45, 7) is 2.48. The number of nitrogens with two attached hydrogens (primary N) is 1. The third kappa shape index (κ3) is 2.93. The van der Waals surface area contributed by atoms with Crippen molar-refractivity contribution >= 4 is 17.2 Å². The lowest BCUT2D eigenvalue weighted by Crippen LogP contribution is -2.01. The number of rotatable bonds is 4. The van der Waals surface area contributed by atoms with E-state index in [4.69, 9.17) is 15.7 Å². The number of nitrogen functional groups attached to an aromatic ring is 1. The number of nitriles is 1. The lowest BCUT2D eigenvalue weighted by molar-refractivity contribution is 0.342. The van der Waals surface area contributed by atoms with Crippen LogP contribution in [0.25, 0.3) is 0 Å². The summed E-state index contributed by atoms with van der Waals surface area (Å²) >= 11 is 0. The molecule has 0 spiro atoms. The van der Waals surface area contributed by atoms with Gasteiger partial charge >= 0.3 is 0 Å². The van der Waals surface area contributed by atoms with Crippen molar-refractivity contribution in [2.75, 3.05) is 17.7 Å². The predicted octanol–water partition coefficient (Wildman–Crippen LogP) is 2.68. The molecule has 3 N–H and O–H groups in total. The van der Waals surface area contributed by atoms with E-state index in [0.717, 1.165) is 5.69 Å². The highest BCUT2D eigenvalue weighted by atomic mass is 16.5. The maximum absolute atomic E-state index is 9.08. The Morgan fingerprint density at radius 3 is 2.95 bits per heavy atom. The molecular formula is C14H14N4O. The zero-order chi connectivity index (χ0) is 13.7. The highest BCUT2D eigenvalue weighted by Crippen LogP contribution is 2.28. The van der Waals surface area contributed by atoms with Crippen LogP contribution in [0.3, 0.4) is 0 Å². The molecule has 5 nitrogen and oxygen atoms in total. The SMILES string of the molecule is CCOc1ccccc1Nc1ncc(N)cc1C#N. The number of ether oxygens (including phenoxy) is 1. The van der Waals surface area contributed by atoms with E-state index in [9.17, 15) is 0 Å². The van der Waals surface area contributed by atoms with Crippen LogP contribution in [0, 0.1) is 11.3 Å². The fraction of sp³-hybridized carbons (Fsp3) is 0.143. The second kappa shape index (κ2) is 5.74. The van der Waals surface area contributed by atoms with Gasteiger partial charge in [0.1, 0.15) is 17.6 Å². The van der Waals surface area contributed by atoms with E-state index in [2.05, 4.69) is 16.4 Å². The molecule has 0 amide bonds. The molecule has 0 saturated carbocycles. The fourth-order valence-electron chi connectivity index (χ4n) is 1.64. The van der Waals surface area contributed by atoms with E-state index in [1.807, 2.05) is 31.2 Å². The topological polar surface area (TPSA) is 84.0 Å². The Labute approximate surface area is 111 Å². The summed E-state index contributed by atoms with van der Waals surface area (Å²) in [5.41, 5.74) is 7.22. The van der Waals surface area contributed by atoms with Crippen molar-refractivity contribution in [3.63, 3.8) is 0 Å². The van der Waals surface area contributed by atoms with Gasteiger partial charge in [0, 0.05) is 0 Å². The van der Waals surface area contributed by atoms with Crippen LogP contribution in [-0.4, -0.2) is 11.6 Å². The summed E-state index contributed by atoms with van der Waals surface area (Å²) in [5, 5.41) is 12.2. The van der Waals surface area contributed by atoms with Crippen LogP contribution in [-0.2, 0) is 0 Å². The van der Waals surface area contributed by atoms with Crippen LogP contribution in [0.1, 0.15) is 12.5 Å². The normalized spacial score (nSPS) is 9.68. The minimum Gasteiger partial charge on any atom is -0.492 e. The molecule has 5 heteroatoms. The maximum Gasteiger partial charge on any atom is 0.148 e. The number of nitrogens with zero attached hydrogens (tertiary/aromatic N) is 2. The van der Waals surface area contributed by atoms with Crippen molar-refractivity contribution in [2.45, 2.75) is 6.92 Å². The lowest BCUT2D eigenvalue weighted by atomic mass is 10.2. The van der Waals surface area contributed by atoms with Gasteiger partial charge in [-0.05, 0) is 25.1 Å². The van der Waals surface area contributed by atoms with Gasteiger partial charge in [-0.25, -0.2) is 4.98 Å². The zero-order valence-electron chi connectivity index (χ0n) is 10.6. The highest BCUT2D eigenvalue weighted by Gasteiger charge is 2.08. The van der Waals surface area contributed by atoms with Crippen molar-refractivity contribution in [1.29, 1.82) is 5.26 Å². The first kappa shape index (κ1) is 12.7. The van der Waals surface area contributed by atoms with Crippen LogP contribution in [0.2, 0.25) is 0 Å². The summed E-state index contributed by atoms with van der Waals surface area (Å²) in [6, 6.07) is 11.1. The average Bonchev–Trinajstić information content (AvgIpc) is 2.43. The number of hydrogen-bond donors (Lipinski definition) is 2. The second-order valence-electron chi connectivity index (χ2n) is 3.83. The van der Waals surface area contributed by atoms with Gasteiger partial charge in [-0.15, -0.1) is 0 Å². The monoisotopic (exact) mass is 254 g/mol. The van der Waals surface area contributed by atoms with Crippen LogP contribution < -0.4 is 15.8 Å². The molecule has 96 valence electrons. The van der Waals surface area contributed by atoms with Crippen molar-refractivity contribution in [3.05, 3.63) is 42.1 Å². The third-order valence-electron chi connectivity index (χ3n) is 2.47. The summed E-state index contributed by atoms with van der Waals surface area (Å²) in [4.78, 5) is 4.13. The molecule has 0 saturated heterocycles. The Morgan fingerprint density at radius 1 is 1.42 bits per heavy atom. The Balaban J connectivity index is 2.34. The van der Waals surface area contributed by atoms with Crippen LogP contribution in [0.4, 0.5) is 17.2 Å². The molecule has 1 heterocycles. The standard InChI is InChI=1S/C14H14N4O/c1-2-19-13-6-4-3-5-12(13)18-14-10(8-15)7-11(16)9-17-14/h3-7,9H,2,16H2,1H3,(H,17,18). The van der Waals surface area contributed by atoms with E-state index in [-0.39, 0.29) is 0 Å². The number of aromatic nitrogens is 1. The van der Waals surface area contributed by atoms with Crippen LogP contribution in [0.5, 0.6) is 5.75 Å². The van der Waals surface area contributed by atoms with E-state index in [1.165, 1.54) is 6.20 Å². The summed E-state index contributed by atoms with van der Waals surface area (Å²) in [6.07, 6.45) is 1.51. The minimum absolute atomic E-state index is 0.395. The molecule has 0 bridgehead atoms. The number of anilines is 3. The molecule has 19 heavy (non-hydrogen) atoms. The molecule has 0 unspecified atom stereocenters. The molecular weight excluding hydrogens is 240 g/mol. The van der Waals surface area contributed by atoms with Crippen LogP contribution >= 0.6 is 0 Å². The van der Waals surface area contributed by atoms with E-state index in [1.54, 1.807) is 6.07 Å². The highest BCUT2D eigenvalue weighted by molar-refractivity contribution is 5.69. The first-order chi connectivity index (χ1) is 9.24. The Bertz CT molecular complexity index is 619. The molecule has 0 radical (unpaired) electrons. The van der Waals surface area contributed by atoms with E-state index >= 15 is 0 Å². The largest absolute Gasteiger partial charge is 0.492 e. The fourth-order valence-corrected chi connectivity index (χ4v) is 1.64. The maximum atomic E-state index is 9.08. The van der Waals surface area contributed by atoms with Gasteiger partial charge in [0.2, 0.25) is 0 Å². The first-order valence-electron chi connectivity index (χ1n) is 5.89. The molecule has 1 aromatic carbocycles. The predicted molar refractivity (Wildman–Crippen MR) is 74.3 cm³/mol. The van der Waals surface area contributed by atoms with Gasteiger partial charge in [0.05, 0.1) is 29.7 Å². The Kier molecular flexibility index (Phi) is 3.84.